The molecule has 0 unspecified atom stereocenters. The van der Waals surface area contributed by atoms with Crippen LogP contribution in [0.2, 0.25) is 10.0 Å². The van der Waals surface area contributed by atoms with Crippen LogP contribution in [-0.2, 0) is 39.3 Å². The van der Waals surface area contributed by atoms with Crippen LogP contribution in [0.3, 0.4) is 0 Å². The summed E-state index contributed by atoms with van der Waals surface area (Å²) in [5.74, 6) is 1.70. The van der Waals surface area contributed by atoms with Crippen LogP contribution in [0.4, 0.5) is 0 Å². The smallest absolute Gasteiger partial charge is 0.142 e. The van der Waals surface area contributed by atoms with Crippen LogP contribution in [0.1, 0.15) is 62.9 Å². The lowest BCUT2D eigenvalue weighted by Gasteiger charge is -2.17. The van der Waals surface area contributed by atoms with Gasteiger partial charge in [-0.2, -0.15) is 15.6 Å². The van der Waals surface area contributed by atoms with E-state index in [-0.39, 0.29) is 33.0 Å². The summed E-state index contributed by atoms with van der Waals surface area (Å²) in [6.45, 7) is 4.05. The highest BCUT2D eigenvalue weighted by molar-refractivity contribution is 6.32. The van der Waals surface area contributed by atoms with Crippen LogP contribution >= 0.6 is 23.2 Å². The van der Waals surface area contributed by atoms with Crippen molar-refractivity contribution in [1.82, 2.24) is 25.1 Å². The SMILES string of the molecule is Cc1c(COc2cc(OCc3cncc(C#N)c3)c(CCCCO)cc2Cl)cccc1-c1cccc2c1cnn2Cc1cc(OCc2cncc(C#N)c2)c(CNCCO)cc1Cl. The predicted octanol–water partition coefficient (Wildman–Crippen LogP) is 9.03. The van der Waals surface area contributed by atoms with Crippen LogP contribution in [-0.4, -0.2) is 49.7 Å². The van der Waals surface area contributed by atoms with Crippen molar-refractivity contribution < 1.29 is 24.4 Å². The minimum atomic E-state index is -0.00400. The fourth-order valence-electron chi connectivity index (χ4n) is 7.27. The van der Waals surface area contributed by atoms with E-state index in [1.54, 1.807) is 24.5 Å². The third-order valence-corrected chi connectivity index (χ3v) is 11.2. The predicted molar refractivity (Wildman–Crippen MR) is 242 cm³/mol. The summed E-state index contributed by atoms with van der Waals surface area (Å²) in [4.78, 5) is 8.30. The molecule has 3 N–H and O–H groups in total. The number of aliphatic hydroxyl groups is 2. The van der Waals surface area contributed by atoms with Gasteiger partial charge in [0.25, 0.3) is 0 Å². The molecule has 63 heavy (non-hydrogen) atoms. The molecule has 0 aliphatic heterocycles. The number of nitrogens with one attached hydrogen (secondary N) is 1. The van der Waals surface area contributed by atoms with Gasteiger partial charge in [0.1, 0.15) is 49.2 Å². The third-order valence-electron chi connectivity index (χ3n) is 10.6. The Kier molecular flexibility index (Phi) is 15.2. The largest absolute Gasteiger partial charge is 0.489 e. The van der Waals surface area contributed by atoms with Crippen molar-refractivity contribution in [2.75, 3.05) is 19.8 Å². The van der Waals surface area contributed by atoms with Crippen molar-refractivity contribution in [3.8, 4) is 40.5 Å². The van der Waals surface area contributed by atoms with E-state index >= 15 is 0 Å². The molecule has 3 aromatic heterocycles. The van der Waals surface area contributed by atoms with E-state index < -0.39 is 0 Å². The average molecular weight is 883 g/mol. The number of unbranched alkanes of at least 4 members (excludes halogenated alkanes) is 1. The summed E-state index contributed by atoms with van der Waals surface area (Å²) in [5.41, 5.74) is 9.95. The molecule has 3 heterocycles. The lowest BCUT2D eigenvalue weighted by Crippen LogP contribution is -2.18. The second-order valence-electron chi connectivity index (χ2n) is 14.9. The second-order valence-corrected chi connectivity index (χ2v) is 15.7. The standard InChI is InChI=1S/C49H45Cl2N7O5/c1-32-38(31-63-49-19-48(37(16-45(49)51)6-2-3-12-59)62-30-36-15-34(21-53)23-56-25-36)7-4-8-41(32)42-9-5-10-46-43(42)27-57-58(46)28-40-18-47(39(17-44(40)50)26-54-11-13-60)61-29-35-14-33(20-52)22-55-24-35/h4-5,7-10,14-19,22-25,27,54,59-60H,2-3,6,11-13,26,28-31H2,1H3. The lowest BCUT2D eigenvalue weighted by molar-refractivity contribution is 0.280. The summed E-state index contributed by atoms with van der Waals surface area (Å²) in [5, 5.41) is 47.4. The molecule has 320 valence electrons. The number of nitriles is 2. The maximum absolute atomic E-state index is 9.38. The lowest BCUT2D eigenvalue weighted by atomic mass is 9.94. The van der Waals surface area contributed by atoms with Crippen LogP contribution in [0.5, 0.6) is 17.2 Å². The number of aryl methyl sites for hydroxylation is 1. The molecule has 0 amide bonds. The molecule has 0 saturated carbocycles. The molecule has 0 aliphatic rings. The van der Waals surface area contributed by atoms with Crippen molar-refractivity contribution in [3.05, 3.63) is 164 Å². The fourth-order valence-corrected chi connectivity index (χ4v) is 7.75. The summed E-state index contributed by atoms with van der Waals surface area (Å²) < 4.78 is 20.9. The number of benzene rings is 4. The first-order chi connectivity index (χ1) is 30.8. The Morgan fingerprint density at radius 3 is 2.03 bits per heavy atom. The molecule has 12 nitrogen and oxygen atoms in total. The molecule has 0 spiro atoms. The molecule has 0 radical (unpaired) electrons. The van der Waals surface area contributed by atoms with Gasteiger partial charge in [0.2, 0.25) is 0 Å². The molecule has 0 fully saturated rings. The van der Waals surface area contributed by atoms with Gasteiger partial charge in [-0.1, -0.05) is 53.5 Å². The van der Waals surface area contributed by atoms with E-state index in [9.17, 15) is 20.7 Å². The highest BCUT2D eigenvalue weighted by Gasteiger charge is 2.18. The van der Waals surface area contributed by atoms with Gasteiger partial charge in [0.15, 0.2) is 0 Å². The van der Waals surface area contributed by atoms with Crippen LogP contribution in [0.25, 0.3) is 22.0 Å². The van der Waals surface area contributed by atoms with Gasteiger partial charge in [0, 0.05) is 77.6 Å². The van der Waals surface area contributed by atoms with E-state index in [4.69, 9.17) is 42.5 Å². The van der Waals surface area contributed by atoms with E-state index in [0.29, 0.717) is 70.9 Å². The first-order valence-electron chi connectivity index (χ1n) is 20.4. The van der Waals surface area contributed by atoms with Crippen LogP contribution in [0, 0.1) is 29.6 Å². The summed E-state index contributed by atoms with van der Waals surface area (Å²) >= 11 is 13.7. The Bertz CT molecular complexity index is 2800. The second kappa shape index (κ2) is 21.5. The fraction of sp³-hybridized carbons (Fsp3) is 0.245. The summed E-state index contributed by atoms with van der Waals surface area (Å²) in [6, 6.07) is 27.4. The Labute approximate surface area is 375 Å². The van der Waals surface area contributed by atoms with E-state index in [0.717, 1.165) is 67.4 Å². The minimum Gasteiger partial charge on any atom is -0.489 e. The minimum absolute atomic E-state index is 0.00400. The van der Waals surface area contributed by atoms with Gasteiger partial charge in [-0.15, -0.1) is 0 Å². The van der Waals surface area contributed by atoms with Gasteiger partial charge in [-0.25, -0.2) is 0 Å². The Morgan fingerprint density at radius 1 is 0.667 bits per heavy atom. The first kappa shape index (κ1) is 44.5. The van der Waals surface area contributed by atoms with E-state index in [1.165, 1.54) is 12.4 Å². The van der Waals surface area contributed by atoms with E-state index in [1.807, 2.05) is 59.4 Å². The van der Waals surface area contributed by atoms with Crippen molar-refractivity contribution in [2.45, 2.75) is 59.1 Å². The molecule has 7 rings (SSSR count). The average Bonchev–Trinajstić information content (AvgIpc) is 3.72. The zero-order valence-corrected chi connectivity index (χ0v) is 36.2. The monoisotopic (exact) mass is 881 g/mol. The van der Waals surface area contributed by atoms with Crippen molar-refractivity contribution in [2.24, 2.45) is 0 Å². The van der Waals surface area contributed by atoms with Crippen LogP contribution in [0.15, 0.2) is 104 Å². The third kappa shape index (κ3) is 11.1. The molecule has 14 heteroatoms. The number of fused-ring (bicyclic) bond motifs is 1. The van der Waals surface area contributed by atoms with Crippen molar-refractivity contribution in [3.63, 3.8) is 0 Å². The quantitative estimate of drug-likeness (QED) is 0.0624. The molecule has 0 aliphatic carbocycles. The maximum Gasteiger partial charge on any atom is 0.142 e. The van der Waals surface area contributed by atoms with Gasteiger partial charge in [0.05, 0.1) is 41.0 Å². The number of hydrogen-bond acceptors (Lipinski definition) is 11. The first-order valence-corrected chi connectivity index (χ1v) is 21.2. The van der Waals surface area contributed by atoms with E-state index in [2.05, 4.69) is 46.5 Å². The van der Waals surface area contributed by atoms with Gasteiger partial charge >= 0.3 is 0 Å². The molecule has 4 aromatic carbocycles. The molecule has 0 atom stereocenters. The van der Waals surface area contributed by atoms with Crippen LogP contribution < -0.4 is 19.5 Å². The number of nitrogens with zero attached hydrogens (tertiary/aromatic N) is 6. The number of hydrogen-bond donors (Lipinski definition) is 3. The Morgan fingerprint density at radius 2 is 1.33 bits per heavy atom. The zero-order chi connectivity index (χ0) is 44.1. The van der Waals surface area contributed by atoms with Crippen molar-refractivity contribution in [1.29, 1.82) is 10.5 Å². The number of pyridine rings is 2. The maximum atomic E-state index is 9.38. The zero-order valence-electron chi connectivity index (χ0n) is 34.7. The summed E-state index contributed by atoms with van der Waals surface area (Å²) in [7, 11) is 0. The number of halogens is 2. The highest BCUT2D eigenvalue weighted by atomic mass is 35.5. The van der Waals surface area contributed by atoms with Gasteiger partial charge < -0.3 is 29.7 Å². The Hall–Kier alpha value is -6.51. The number of aromatic nitrogens is 4. The number of aliphatic hydroxyl groups excluding tert-OH is 2. The Balaban J connectivity index is 1.11. The van der Waals surface area contributed by atoms with Gasteiger partial charge in [-0.05, 0) is 96.0 Å². The topological polar surface area (TPSA) is 171 Å². The molecular weight excluding hydrogens is 837 g/mol. The molecule has 7 aromatic rings. The molecular formula is C49H45Cl2N7O5. The number of rotatable bonds is 20. The highest BCUT2D eigenvalue weighted by Crippen LogP contribution is 2.37. The molecule has 0 bridgehead atoms. The van der Waals surface area contributed by atoms with Gasteiger partial charge in [-0.3, -0.25) is 14.6 Å². The summed E-state index contributed by atoms with van der Waals surface area (Å²) in [6.07, 6.45) is 10.3. The normalized spacial score (nSPS) is 11.0. The van der Waals surface area contributed by atoms with Crippen molar-refractivity contribution >= 4 is 34.1 Å². The molecule has 0 saturated heterocycles. The number of ether oxygens (including phenoxy) is 3.